The minimum absolute atomic E-state index is 0.0833. The molecule has 0 saturated heterocycles. The number of ketones is 1. The molecule has 17 heavy (non-hydrogen) atoms. The lowest BCUT2D eigenvalue weighted by molar-refractivity contribution is -0.110. The maximum Gasteiger partial charge on any atom is 0.178 e. The second-order valence-corrected chi connectivity index (χ2v) is 4.20. The molecule has 3 nitrogen and oxygen atoms in total. The van der Waals surface area contributed by atoms with Crippen molar-refractivity contribution in [3.8, 4) is 0 Å². The van der Waals surface area contributed by atoms with E-state index in [2.05, 4.69) is 37.5 Å². The number of hydrogen-bond donors (Lipinski definition) is 0. The predicted octanol–water partition coefficient (Wildman–Crippen LogP) is 2.06. The maximum absolute atomic E-state index is 11.3. The molecule has 0 N–H and O–H groups in total. The molecule has 0 aliphatic heterocycles. The summed E-state index contributed by atoms with van der Waals surface area (Å²) in [5.41, 5.74) is -0.221. The van der Waals surface area contributed by atoms with Crippen LogP contribution in [0.25, 0.3) is 0 Å². The normalized spacial score (nSPS) is 18.4. The van der Waals surface area contributed by atoms with E-state index < -0.39 is 0 Å². The van der Waals surface area contributed by atoms with Crippen molar-refractivity contribution < 1.29 is 4.79 Å². The molecular formula is C14H24N2O. The standard InChI is InChI=1S/C14H24N2O/c1-5-15(6-2)14(16(7-3)8-4)11-9-13(17)10-12-14/h9-12H,5-8H2,1-4H3. The highest BCUT2D eigenvalue weighted by Gasteiger charge is 2.36. The molecule has 0 aromatic carbocycles. The lowest BCUT2D eigenvalue weighted by Crippen LogP contribution is -2.58. The zero-order valence-corrected chi connectivity index (χ0v) is 11.4. The van der Waals surface area contributed by atoms with Gasteiger partial charge < -0.3 is 0 Å². The fraction of sp³-hybridized carbons (Fsp3) is 0.643. The topological polar surface area (TPSA) is 23.6 Å². The molecule has 0 heterocycles. The summed E-state index contributed by atoms with van der Waals surface area (Å²) < 4.78 is 0. The fourth-order valence-electron chi connectivity index (χ4n) is 2.60. The van der Waals surface area contributed by atoms with Gasteiger partial charge in [0.15, 0.2) is 5.78 Å². The molecule has 3 heteroatoms. The Kier molecular flexibility index (Phi) is 5.09. The minimum Gasteiger partial charge on any atom is -0.290 e. The number of nitrogens with zero attached hydrogens (tertiary/aromatic N) is 2. The van der Waals surface area contributed by atoms with E-state index in [0.29, 0.717) is 0 Å². The van der Waals surface area contributed by atoms with Gasteiger partial charge in [0.05, 0.1) is 0 Å². The van der Waals surface area contributed by atoms with Crippen molar-refractivity contribution in [2.24, 2.45) is 0 Å². The molecule has 1 rings (SSSR count). The van der Waals surface area contributed by atoms with Crippen molar-refractivity contribution in [2.45, 2.75) is 33.4 Å². The van der Waals surface area contributed by atoms with Crippen LogP contribution in [0.2, 0.25) is 0 Å². The predicted molar refractivity (Wildman–Crippen MR) is 71.9 cm³/mol. The first kappa shape index (κ1) is 14.1. The van der Waals surface area contributed by atoms with Crippen molar-refractivity contribution in [3.05, 3.63) is 24.3 Å². The van der Waals surface area contributed by atoms with Gasteiger partial charge in [-0.3, -0.25) is 14.6 Å². The minimum atomic E-state index is -0.221. The highest BCUT2D eigenvalue weighted by molar-refractivity contribution is 6.00. The number of hydrogen-bond acceptors (Lipinski definition) is 3. The highest BCUT2D eigenvalue weighted by Crippen LogP contribution is 2.26. The van der Waals surface area contributed by atoms with E-state index in [1.165, 1.54) is 0 Å². The van der Waals surface area contributed by atoms with Gasteiger partial charge >= 0.3 is 0 Å². The van der Waals surface area contributed by atoms with Gasteiger partial charge in [-0.15, -0.1) is 0 Å². The van der Waals surface area contributed by atoms with E-state index in [9.17, 15) is 4.79 Å². The third-order valence-electron chi connectivity index (χ3n) is 3.53. The molecule has 1 aliphatic rings. The molecule has 0 radical (unpaired) electrons. The quantitative estimate of drug-likeness (QED) is 0.660. The molecule has 0 amide bonds. The Balaban J connectivity index is 3.13. The molecule has 0 aromatic heterocycles. The molecule has 0 unspecified atom stereocenters. The summed E-state index contributed by atoms with van der Waals surface area (Å²) in [6.07, 6.45) is 7.46. The Bertz CT molecular complexity index is 282. The molecular weight excluding hydrogens is 212 g/mol. The maximum atomic E-state index is 11.3. The number of allylic oxidation sites excluding steroid dienone is 2. The molecule has 0 bridgehead atoms. The van der Waals surface area contributed by atoms with E-state index >= 15 is 0 Å². The molecule has 0 spiro atoms. The van der Waals surface area contributed by atoms with Crippen molar-refractivity contribution in [1.29, 1.82) is 0 Å². The summed E-state index contributed by atoms with van der Waals surface area (Å²) in [4.78, 5) is 16.1. The van der Waals surface area contributed by atoms with Crippen LogP contribution in [-0.4, -0.2) is 47.4 Å². The Morgan fingerprint density at radius 2 is 1.24 bits per heavy atom. The largest absolute Gasteiger partial charge is 0.290 e. The highest BCUT2D eigenvalue weighted by atomic mass is 16.1. The number of rotatable bonds is 6. The molecule has 0 aromatic rings. The van der Waals surface area contributed by atoms with E-state index in [-0.39, 0.29) is 11.4 Å². The summed E-state index contributed by atoms with van der Waals surface area (Å²) in [5, 5.41) is 0. The van der Waals surface area contributed by atoms with Crippen LogP contribution in [0.1, 0.15) is 27.7 Å². The van der Waals surface area contributed by atoms with Crippen molar-refractivity contribution in [2.75, 3.05) is 26.2 Å². The van der Waals surface area contributed by atoms with E-state index in [1.54, 1.807) is 12.2 Å². The van der Waals surface area contributed by atoms with Crippen molar-refractivity contribution >= 4 is 5.78 Å². The van der Waals surface area contributed by atoms with Crippen LogP contribution in [0.15, 0.2) is 24.3 Å². The SMILES string of the molecule is CCN(CC)C1(N(CC)CC)C=CC(=O)C=C1. The fourth-order valence-corrected chi connectivity index (χ4v) is 2.60. The summed E-state index contributed by atoms with van der Waals surface area (Å²) in [6.45, 7) is 12.5. The zero-order valence-electron chi connectivity index (χ0n) is 11.4. The smallest absolute Gasteiger partial charge is 0.178 e. The van der Waals surface area contributed by atoms with Crippen LogP contribution in [0.3, 0.4) is 0 Å². The van der Waals surface area contributed by atoms with Gasteiger partial charge in [-0.1, -0.05) is 27.7 Å². The lowest BCUT2D eigenvalue weighted by Gasteiger charge is -2.47. The first-order valence-electron chi connectivity index (χ1n) is 6.57. The Labute approximate surface area is 105 Å². The van der Waals surface area contributed by atoms with Crippen LogP contribution in [0, 0.1) is 0 Å². The molecule has 1 aliphatic carbocycles. The van der Waals surface area contributed by atoms with Gasteiger partial charge in [-0.05, 0) is 50.5 Å². The van der Waals surface area contributed by atoms with Gasteiger partial charge in [0, 0.05) is 0 Å². The van der Waals surface area contributed by atoms with E-state index in [4.69, 9.17) is 0 Å². The van der Waals surface area contributed by atoms with Crippen LogP contribution < -0.4 is 0 Å². The first-order chi connectivity index (χ1) is 8.14. The molecule has 0 saturated carbocycles. The van der Waals surface area contributed by atoms with Crippen LogP contribution in [0.4, 0.5) is 0 Å². The monoisotopic (exact) mass is 236 g/mol. The molecule has 0 atom stereocenters. The summed E-state index contributed by atoms with van der Waals surface area (Å²) in [5.74, 6) is 0.0833. The van der Waals surface area contributed by atoms with Gasteiger partial charge in [0.25, 0.3) is 0 Å². The average Bonchev–Trinajstić information content (AvgIpc) is 2.35. The Morgan fingerprint density at radius 3 is 1.53 bits per heavy atom. The lowest BCUT2D eigenvalue weighted by atomic mass is 9.98. The third-order valence-corrected chi connectivity index (χ3v) is 3.53. The van der Waals surface area contributed by atoms with E-state index in [0.717, 1.165) is 26.2 Å². The van der Waals surface area contributed by atoms with Gasteiger partial charge in [-0.2, -0.15) is 0 Å². The van der Waals surface area contributed by atoms with E-state index in [1.807, 2.05) is 12.2 Å². The van der Waals surface area contributed by atoms with Crippen molar-refractivity contribution in [1.82, 2.24) is 9.80 Å². The first-order valence-corrected chi connectivity index (χ1v) is 6.57. The second-order valence-electron chi connectivity index (χ2n) is 4.20. The average molecular weight is 236 g/mol. The van der Waals surface area contributed by atoms with Crippen molar-refractivity contribution in [3.63, 3.8) is 0 Å². The van der Waals surface area contributed by atoms with Gasteiger partial charge in [0.1, 0.15) is 5.66 Å². The number of carbonyl (C=O) groups excluding carboxylic acids is 1. The van der Waals surface area contributed by atoms with Crippen LogP contribution in [-0.2, 0) is 4.79 Å². The summed E-state index contributed by atoms with van der Waals surface area (Å²) in [6, 6.07) is 0. The molecule has 0 fully saturated rings. The number of likely N-dealkylation sites (N-methyl/N-ethyl adjacent to an activating group) is 2. The zero-order chi connectivity index (χ0) is 12.9. The van der Waals surface area contributed by atoms with Crippen LogP contribution in [0.5, 0.6) is 0 Å². The third kappa shape index (κ3) is 2.67. The molecule has 96 valence electrons. The Hall–Kier alpha value is -0.930. The van der Waals surface area contributed by atoms with Crippen LogP contribution >= 0.6 is 0 Å². The Morgan fingerprint density at radius 1 is 0.882 bits per heavy atom. The number of carbonyl (C=O) groups is 1. The van der Waals surface area contributed by atoms with Gasteiger partial charge in [-0.25, -0.2) is 0 Å². The summed E-state index contributed by atoms with van der Waals surface area (Å²) >= 11 is 0. The summed E-state index contributed by atoms with van der Waals surface area (Å²) in [7, 11) is 0. The second kappa shape index (κ2) is 6.12. The van der Waals surface area contributed by atoms with Gasteiger partial charge in [0.2, 0.25) is 0 Å².